The molecule has 0 saturated heterocycles. The highest BCUT2D eigenvalue weighted by Crippen LogP contribution is 2.56. The van der Waals surface area contributed by atoms with Gasteiger partial charge in [-0.15, -0.1) is 0 Å². The van der Waals surface area contributed by atoms with Crippen LogP contribution in [0.25, 0.3) is 0 Å². The van der Waals surface area contributed by atoms with Crippen LogP contribution in [0.5, 0.6) is 0 Å². The van der Waals surface area contributed by atoms with Gasteiger partial charge in [-0.1, -0.05) is 12.1 Å². The fourth-order valence-electron chi connectivity index (χ4n) is 6.19. The minimum atomic E-state index is -0.429. The Balaban J connectivity index is 1.31. The Bertz CT molecular complexity index is 978. The average Bonchev–Trinajstić information content (AvgIpc) is 2.72. The number of hydrogen-bond donors (Lipinski definition) is 4. The van der Waals surface area contributed by atoms with Crippen LogP contribution in [0.4, 0.5) is 17.5 Å². The van der Waals surface area contributed by atoms with Crippen LogP contribution in [0.15, 0.2) is 30.5 Å². The highest BCUT2D eigenvalue weighted by Gasteiger charge is 2.54. The molecule has 4 saturated carbocycles. The zero-order valence-corrected chi connectivity index (χ0v) is 18.2. The van der Waals surface area contributed by atoms with E-state index in [0.717, 1.165) is 41.9 Å². The normalized spacial score (nSPS) is 30.8. The van der Waals surface area contributed by atoms with E-state index in [9.17, 15) is 9.90 Å². The fourth-order valence-corrected chi connectivity index (χ4v) is 6.19. The number of aryl methyl sites for hydroxylation is 1. The van der Waals surface area contributed by atoms with E-state index in [0.29, 0.717) is 36.2 Å². The van der Waals surface area contributed by atoms with Crippen LogP contribution in [-0.2, 0) is 11.2 Å². The minimum absolute atomic E-state index is 0.0180. The highest BCUT2D eigenvalue weighted by atomic mass is 16.3. The molecule has 7 heteroatoms. The Labute approximate surface area is 183 Å². The summed E-state index contributed by atoms with van der Waals surface area (Å²) in [6.45, 7) is 2.03. The summed E-state index contributed by atoms with van der Waals surface area (Å²) in [5, 5.41) is 20.5. The van der Waals surface area contributed by atoms with Crippen LogP contribution in [0.2, 0.25) is 0 Å². The molecule has 2 atom stereocenters. The summed E-state index contributed by atoms with van der Waals surface area (Å²) in [7, 11) is 1.64. The molecule has 4 fully saturated rings. The molecule has 4 aliphatic rings. The summed E-state index contributed by atoms with van der Waals surface area (Å²) in [5.74, 6) is 3.10. The molecule has 1 amide bonds. The summed E-state index contributed by atoms with van der Waals surface area (Å²) in [6, 6.07) is 8.12. The number of benzene rings is 1. The van der Waals surface area contributed by atoms with Gasteiger partial charge in [-0.05, 0) is 74.5 Å². The van der Waals surface area contributed by atoms with Gasteiger partial charge in [-0.2, -0.15) is 4.98 Å². The third-order valence-electron chi connectivity index (χ3n) is 7.34. The monoisotopic (exact) mass is 421 g/mol. The van der Waals surface area contributed by atoms with Crippen LogP contribution in [-0.4, -0.2) is 39.7 Å². The topological polar surface area (TPSA) is 99.2 Å². The zero-order chi connectivity index (χ0) is 21.6. The lowest BCUT2D eigenvalue weighted by atomic mass is 9.52. The van der Waals surface area contributed by atoms with Crippen LogP contribution in [0, 0.1) is 24.7 Å². The van der Waals surface area contributed by atoms with Crippen molar-refractivity contribution in [3.8, 4) is 0 Å². The van der Waals surface area contributed by atoms with Gasteiger partial charge >= 0.3 is 0 Å². The molecule has 0 radical (unpaired) electrons. The minimum Gasteiger partial charge on any atom is -0.390 e. The molecule has 1 heterocycles. The Morgan fingerprint density at radius 3 is 2.71 bits per heavy atom. The summed E-state index contributed by atoms with van der Waals surface area (Å²) in [6.07, 6.45) is 7.41. The standard InChI is InChI=1S/C24H31N5O2/c1-14-13-26-23(27-19-5-3-4-15(8-19)9-20(30)25-2)29-22(14)28-21-17-6-16-7-18(21)12-24(31,10-16)11-17/h3-5,8,13,16-18,21,31H,6-7,9-12H2,1-2H3,(H,25,30)(H2,26,27,28,29). The number of likely N-dealkylation sites (N-methyl/N-ethyl adjacent to an activating group) is 1. The Kier molecular flexibility index (Phi) is 5.08. The molecule has 0 spiro atoms. The molecule has 0 aliphatic heterocycles. The Morgan fingerprint density at radius 1 is 1.23 bits per heavy atom. The summed E-state index contributed by atoms with van der Waals surface area (Å²) in [5.41, 5.74) is 2.38. The smallest absolute Gasteiger partial charge is 0.229 e. The van der Waals surface area contributed by atoms with Gasteiger partial charge in [0.05, 0.1) is 12.0 Å². The maximum absolute atomic E-state index is 11.7. The second kappa shape index (κ2) is 7.79. The van der Waals surface area contributed by atoms with Crippen LogP contribution < -0.4 is 16.0 Å². The van der Waals surface area contributed by atoms with Crippen molar-refractivity contribution in [2.45, 2.75) is 57.1 Å². The van der Waals surface area contributed by atoms with Crippen LogP contribution >= 0.6 is 0 Å². The lowest BCUT2D eigenvalue weighted by molar-refractivity contribution is -0.129. The lowest BCUT2D eigenvalue weighted by Crippen LogP contribution is -2.59. The van der Waals surface area contributed by atoms with Gasteiger partial charge in [0, 0.05) is 30.5 Å². The van der Waals surface area contributed by atoms with Crippen molar-refractivity contribution in [3.63, 3.8) is 0 Å². The fraction of sp³-hybridized carbons (Fsp3) is 0.542. The van der Waals surface area contributed by atoms with Gasteiger partial charge in [0.25, 0.3) is 0 Å². The second-order valence-corrected chi connectivity index (χ2v) is 9.76. The third-order valence-corrected chi connectivity index (χ3v) is 7.34. The molecule has 2 aromatic rings. The van der Waals surface area contributed by atoms with Gasteiger partial charge < -0.3 is 21.1 Å². The lowest BCUT2D eigenvalue weighted by Gasteiger charge is -2.58. The van der Waals surface area contributed by atoms with Gasteiger partial charge in [0.1, 0.15) is 5.82 Å². The van der Waals surface area contributed by atoms with Crippen molar-refractivity contribution in [1.82, 2.24) is 15.3 Å². The third kappa shape index (κ3) is 4.11. The van der Waals surface area contributed by atoms with Gasteiger partial charge in [0.2, 0.25) is 11.9 Å². The predicted octanol–water partition coefficient (Wildman–Crippen LogP) is 3.17. The highest BCUT2D eigenvalue weighted by molar-refractivity contribution is 5.78. The number of hydrogen-bond acceptors (Lipinski definition) is 6. The van der Waals surface area contributed by atoms with Crippen molar-refractivity contribution in [1.29, 1.82) is 0 Å². The van der Waals surface area contributed by atoms with Crippen molar-refractivity contribution in [3.05, 3.63) is 41.6 Å². The van der Waals surface area contributed by atoms with Crippen LogP contribution in [0.1, 0.15) is 43.2 Å². The molecule has 1 aromatic heterocycles. The van der Waals surface area contributed by atoms with E-state index in [1.807, 2.05) is 37.4 Å². The number of anilines is 3. The van der Waals surface area contributed by atoms with Crippen molar-refractivity contribution in [2.75, 3.05) is 17.7 Å². The molecular formula is C24H31N5O2. The van der Waals surface area contributed by atoms with E-state index < -0.39 is 5.60 Å². The Morgan fingerprint density at radius 2 is 2.00 bits per heavy atom. The molecule has 4 N–H and O–H groups in total. The SMILES string of the molecule is CNC(=O)Cc1cccc(Nc2ncc(C)c(NC3C4CC5CC3CC(O)(C5)C4)n2)c1. The molecule has 31 heavy (non-hydrogen) atoms. The number of aliphatic hydroxyl groups is 1. The molecule has 4 aliphatic carbocycles. The molecule has 6 rings (SSSR count). The van der Waals surface area contributed by atoms with E-state index >= 15 is 0 Å². The number of nitrogens with one attached hydrogen (secondary N) is 3. The molecule has 7 nitrogen and oxygen atoms in total. The van der Waals surface area contributed by atoms with E-state index in [-0.39, 0.29) is 5.91 Å². The first-order valence-corrected chi connectivity index (χ1v) is 11.3. The van der Waals surface area contributed by atoms with E-state index in [4.69, 9.17) is 4.98 Å². The number of carbonyl (C=O) groups excluding carboxylic acids is 1. The Hall–Kier alpha value is -2.67. The van der Waals surface area contributed by atoms with E-state index in [2.05, 4.69) is 20.9 Å². The number of rotatable bonds is 6. The molecule has 1 aromatic carbocycles. The van der Waals surface area contributed by atoms with Crippen LogP contribution in [0.3, 0.4) is 0 Å². The average molecular weight is 422 g/mol. The molecule has 2 unspecified atom stereocenters. The van der Waals surface area contributed by atoms with Crippen molar-refractivity contribution < 1.29 is 9.90 Å². The first-order chi connectivity index (χ1) is 14.9. The molecular weight excluding hydrogens is 390 g/mol. The zero-order valence-electron chi connectivity index (χ0n) is 18.2. The summed E-state index contributed by atoms with van der Waals surface area (Å²) in [4.78, 5) is 20.9. The molecule has 164 valence electrons. The van der Waals surface area contributed by atoms with Crippen molar-refractivity contribution >= 4 is 23.4 Å². The largest absolute Gasteiger partial charge is 0.390 e. The first-order valence-electron chi connectivity index (χ1n) is 11.3. The number of carbonyl (C=O) groups is 1. The van der Waals surface area contributed by atoms with Crippen molar-refractivity contribution in [2.24, 2.45) is 17.8 Å². The summed E-state index contributed by atoms with van der Waals surface area (Å²) >= 11 is 0. The predicted molar refractivity (Wildman–Crippen MR) is 120 cm³/mol. The maximum atomic E-state index is 11.7. The number of nitrogens with zero attached hydrogens (tertiary/aromatic N) is 2. The quantitative estimate of drug-likeness (QED) is 0.572. The number of amides is 1. The number of aromatic nitrogens is 2. The second-order valence-electron chi connectivity index (χ2n) is 9.76. The van der Waals surface area contributed by atoms with E-state index in [1.165, 1.54) is 12.8 Å². The van der Waals surface area contributed by atoms with Gasteiger partial charge in [-0.3, -0.25) is 4.79 Å². The molecule has 4 bridgehead atoms. The van der Waals surface area contributed by atoms with Gasteiger partial charge in [0.15, 0.2) is 0 Å². The van der Waals surface area contributed by atoms with E-state index in [1.54, 1.807) is 7.05 Å². The summed E-state index contributed by atoms with van der Waals surface area (Å²) < 4.78 is 0. The van der Waals surface area contributed by atoms with Gasteiger partial charge in [-0.25, -0.2) is 4.98 Å². The first kappa shape index (κ1) is 20.2. The maximum Gasteiger partial charge on any atom is 0.229 e.